The lowest BCUT2D eigenvalue weighted by Crippen LogP contribution is -2.18. The molecule has 0 saturated heterocycles. The third-order valence-electron chi connectivity index (χ3n) is 6.99. The van der Waals surface area contributed by atoms with Crippen LogP contribution < -0.4 is 10.1 Å². The zero-order valence-electron chi connectivity index (χ0n) is 25.3. The molecule has 1 amide bonds. The normalized spacial score (nSPS) is 11.2. The molecule has 46 heavy (non-hydrogen) atoms. The summed E-state index contributed by atoms with van der Waals surface area (Å²) < 4.78 is 12.6. The summed E-state index contributed by atoms with van der Waals surface area (Å²) in [7, 11) is 1.55. The highest BCUT2D eigenvalue weighted by Crippen LogP contribution is 2.32. The van der Waals surface area contributed by atoms with Gasteiger partial charge in [0.2, 0.25) is 0 Å². The van der Waals surface area contributed by atoms with Crippen LogP contribution in [0.3, 0.4) is 0 Å². The third kappa shape index (κ3) is 7.96. The highest BCUT2D eigenvalue weighted by Gasteiger charge is 2.14. The zero-order chi connectivity index (χ0) is 32.8. The van der Waals surface area contributed by atoms with Gasteiger partial charge in [-0.1, -0.05) is 71.7 Å². The van der Waals surface area contributed by atoms with Crippen LogP contribution in [0.15, 0.2) is 91.1 Å². The summed E-state index contributed by atoms with van der Waals surface area (Å²) >= 11 is 12.6. The molecule has 1 heterocycles. The topological polar surface area (TPSA) is 103 Å². The van der Waals surface area contributed by atoms with Gasteiger partial charge in [-0.15, -0.1) is 0 Å². The van der Waals surface area contributed by atoms with Crippen LogP contribution in [-0.4, -0.2) is 39.9 Å². The molecule has 0 radical (unpaired) electrons. The van der Waals surface area contributed by atoms with Crippen molar-refractivity contribution in [3.63, 3.8) is 0 Å². The van der Waals surface area contributed by atoms with Crippen molar-refractivity contribution < 1.29 is 24.2 Å². The van der Waals surface area contributed by atoms with Gasteiger partial charge in [-0.05, 0) is 84.6 Å². The second kappa shape index (κ2) is 14.4. The fraction of sp³-hybridized carbons (Fsp3) is 0.139. The first-order chi connectivity index (χ1) is 22.1. The lowest BCUT2D eigenvalue weighted by Gasteiger charge is -2.13. The zero-order valence-corrected chi connectivity index (χ0v) is 26.8. The molecule has 0 unspecified atom stereocenters. The fourth-order valence-corrected chi connectivity index (χ4v) is 5.31. The molecule has 10 heteroatoms. The van der Waals surface area contributed by atoms with Crippen LogP contribution in [0.2, 0.25) is 10.0 Å². The summed E-state index contributed by atoms with van der Waals surface area (Å²) in [5.41, 5.74) is 5.77. The number of carboxylic acid groups (broad SMARTS) is 1. The number of ether oxygens (including phenoxy) is 2. The van der Waals surface area contributed by atoms with Crippen molar-refractivity contribution in [1.82, 2.24) is 9.55 Å². The van der Waals surface area contributed by atoms with Crippen LogP contribution in [0, 0.1) is 0 Å². The van der Waals surface area contributed by atoms with Crippen molar-refractivity contribution in [1.29, 1.82) is 0 Å². The number of methoxy groups -OCH3 is 1. The quantitative estimate of drug-likeness (QED) is 0.155. The molecule has 8 nitrogen and oxygen atoms in total. The van der Waals surface area contributed by atoms with E-state index in [0.717, 1.165) is 27.8 Å². The van der Waals surface area contributed by atoms with Crippen molar-refractivity contribution in [3.05, 3.63) is 124 Å². The first-order valence-corrected chi connectivity index (χ1v) is 15.1. The number of nitrogens with one attached hydrogen (secondary N) is 1. The van der Waals surface area contributed by atoms with Gasteiger partial charge >= 0.3 is 12.1 Å². The van der Waals surface area contributed by atoms with E-state index in [1.165, 1.54) is 0 Å². The van der Waals surface area contributed by atoms with E-state index >= 15 is 0 Å². The summed E-state index contributed by atoms with van der Waals surface area (Å²) in [5.74, 6) is 0.191. The molecule has 0 aliphatic heterocycles. The number of amides is 1. The van der Waals surface area contributed by atoms with E-state index in [9.17, 15) is 14.7 Å². The number of carbonyl (C=O) groups excluding carboxylic acids is 1. The van der Waals surface area contributed by atoms with Gasteiger partial charge in [0, 0.05) is 23.3 Å². The minimum atomic E-state index is -0.984. The van der Waals surface area contributed by atoms with Gasteiger partial charge in [-0.3, -0.25) is 5.32 Å². The first kappa shape index (κ1) is 32.3. The van der Waals surface area contributed by atoms with Crippen molar-refractivity contribution >= 4 is 53.1 Å². The molecule has 234 valence electrons. The summed E-state index contributed by atoms with van der Waals surface area (Å²) in [6.07, 6.45) is 4.97. The summed E-state index contributed by atoms with van der Waals surface area (Å²) in [6.45, 7) is 3.97. The third-order valence-corrected chi connectivity index (χ3v) is 7.54. The molecule has 2 N–H and O–H groups in total. The largest absolute Gasteiger partial charge is 0.495 e. The number of hydrogen-bond acceptors (Lipinski definition) is 5. The van der Waals surface area contributed by atoms with E-state index in [1.807, 2.05) is 71.4 Å². The van der Waals surface area contributed by atoms with E-state index in [1.54, 1.807) is 57.4 Å². The van der Waals surface area contributed by atoms with Gasteiger partial charge < -0.3 is 19.1 Å². The number of aromatic carboxylic acids is 1. The number of aromatic nitrogens is 2. The molecule has 0 saturated carbocycles. The van der Waals surface area contributed by atoms with E-state index in [4.69, 9.17) is 37.7 Å². The Morgan fingerprint density at radius 1 is 0.957 bits per heavy atom. The average Bonchev–Trinajstić information content (AvgIpc) is 3.42. The van der Waals surface area contributed by atoms with Gasteiger partial charge in [-0.2, -0.15) is 0 Å². The Labute approximate surface area is 276 Å². The fourth-order valence-electron chi connectivity index (χ4n) is 4.80. The Morgan fingerprint density at radius 2 is 1.72 bits per heavy atom. The number of benzene rings is 4. The molecule has 5 rings (SSSR count). The van der Waals surface area contributed by atoms with Crippen LogP contribution in [0.4, 0.5) is 10.5 Å². The lowest BCUT2D eigenvalue weighted by atomic mass is 10.0. The van der Waals surface area contributed by atoms with E-state index in [2.05, 4.69) is 5.32 Å². The maximum absolute atomic E-state index is 12.1. The van der Waals surface area contributed by atoms with Gasteiger partial charge in [0.1, 0.15) is 11.6 Å². The molecule has 0 fully saturated rings. The Hall–Kier alpha value is -5.05. The van der Waals surface area contributed by atoms with Crippen molar-refractivity contribution in [2.45, 2.75) is 26.5 Å². The van der Waals surface area contributed by atoms with Crippen LogP contribution in [-0.2, 0) is 11.3 Å². The average molecular weight is 657 g/mol. The number of hydrogen-bond donors (Lipinski definition) is 2. The van der Waals surface area contributed by atoms with Crippen LogP contribution in [0.1, 0.15) is 41.2 Å². The highest BCUT2D eigenvalue weighted by molar-refractivity contribution is 6.36. The maximum Gasteiger partial charge on any atom is 0.411 e. The van der Waals surface area contributed by atoms with Gasteiger partial charge in [0.05, 0.1) is 35.2 Å². The number of imidazole rings is 1. The van der Waals surface area contributed by atoms with E-state index in [0.29, 0.717) is 39.5 Å². The molecule has 0 aliphatic carbocycles. The molecular formula is C36H31Cl2N3O5. The van der Waals surface area contributed by atoms with Gasteiger partial charge in [-0.25, -0.2) is 14.6 Å². The summed E-state index contributed by atoms with van der Waals surface area (Å²) in [4.78, 5) is 28.4. The lowest BCUT2D eigenvalue weighted by molar-refractivity contribution is 0.0696. The standard InChI is InChI=1S/C36H31Cl2N3O5/c1-22(2)46-36(44)40-31-15-12-26(18-33(31)45-3)25-10-7-23(8-11-25)9-16-34-39-32(29-14-13-28(37)19-30(29)38)21-41(34)20-24-5-4-6-27(17-24)35(42)43/h4-19,21-22H,20H2,1-3H3,(H,40,44)(H,42,43). The monoisotopic (exact) mass is 655 g/mol. The minimum Gasteiger partial charge on any atom is -0.495 e. The number of halogens is 2. The smallest absolute Gasteiger partial charge is 0.411 e. The maximum atomic E-state index is 12.1. The van der Waals surface area contributed by atoms with Crippen molar-refractivity contribution in [2.24, 2.45) is 0 Å². The molecule has 5 aromatic rings. The van der Waals surface area contributed by atoms with Crippen molar-refractivity contribution in [3.8, 4) is 28.1 Å². The summed E-state index contributed by atoms with van der Waals surface area (Å²) in [5, 5.41) is 13.2. The molecule has 0 aliphatic rings. The van der Waals surface area contributed by atoms with Crippen LogP contribution in [0.5, 0.6) is 5.75 Å². The predicted octanol–water partition coefficient (Wildman–Crippen LogP) is 9.41. The Morgan fingerprint density at radius 3 is 2.41 bits per heavy atom. The number of carboxylic acids is 1. The molecule has 0 atom stereocenters. The second-order valence-electron chi connectivity index (χ2n) is 10.7. The molecule has 0 spiro atoms. The Bertz CT molecular complexity index is 1920. The molecule has 4 aromatic carbocycles. The SMILES string of the molecule is COc1cc(-c2ccc(C=Cc3nc(-c4ccc(Cl)cc4Cl)cn3Cc3cccc(C(=O)O)c3)cc2)ccc1NC(=O)OC(C)C. The number of nitrogens with zero attached hydrogens (tertiary/aromatic N) is 2. The number of rotatable bonds is 10. The minimum absolute atomic E-state index is 0.216. The Kier molecular flexibility index (Phi) is 10.1. The van der Waals surface area contributed by atoms with Gasteiger partial charge in [0.15, 0.2) is 0 Å². The van der Waals surface area contributed by atoms with Crippen LogP contribution in [0.25, 0.3) is 34.5 Å². The van der Waals surface area contributed by atoms with Crippen molar-refractivity contribution in [2.75, 3.05) is 12.4 Å². The van der Waals surface area contributed by atoms with Gasteiger partial charge in [0.25, 0.3) is 0 Å². The molecular weight excluding hydrogens is 625 g/mol. The highest BCUT2D eigenvalue weighted by atomic mass is 35.5. The molecule has 1 aromatic heterocycles. The molecule has 0 bridgehead atoms. The van der Waals surface area contributed by atoms with E-state index < -0.39 is 12.1 Å². The first-order valence-electron chi connectivity index (χ1n) is 14.4. The van der Waals surface area contributed by atoms with E-state index in [-0.39, 0.29) is 11.7 Å². The second-order valence-corrected chi connectivity index (χ2v) is 11.5. The predicted molar refractivity (Wildman–Crippen MR) is 183 cm³/mol. The number of carbonyl (C=O) groups is 2. The number of anilines is 1. The summed E-state index contributed by atoms with van der Waals surface area (Å²) in [6, 6.07) is 25.6. The van der Waals surface area contributed by atoms with Crippen LogP contribution >= 0.6 is 23.2 Å². The Balaban J connectivity index is 1.40.